The average Bonchev–Trinajstić information content (AvgIpc) is 2.95. The van der Waals surface area contributed by atoms with Crippen LogP contribution in [-0.2, 0) is 26.2 Å². The van der Waals surface area contributed by atoms with Crippen molar-refractivity contribution in [3.05, 3.63) is 94.0 Å². The van der Waals surface area contributed by atoms with Crippen LogP contribution in [0.5, 0.6) is 0 Å². The highest BCUT2D eigenvalue weighted by atomic mass is 35.5. The highest BCUT2D eigenvalue weighted by Crippen LogP contribution is 2.26. The molecule has 10 heteroatoms. The molecule has 1 atom stereocenters. The van der Waals surface area contributed by atoms with Crippen LogP contribution in [0, 0.1) is 6.92 Å². The number of anilines is 1. The molecule has 0 radical (unpaired) electrons. The smallest absolute Gasteiger partial charge is 0.264 e. The first kappa shape index (κ1) is 30.9. The first-order valence-corrected chi connectivity index (χ1v) is 15.9. The Kier molecular flexibility index (Phi) is 10.3. The van der Waals surface area contributed by atoms with E-state index in [1.807, 2.05) is 13.0 Å². The third kappa shape index (κ3) is 8.03. The van der Waals surface area contributed by atoms with Gasteiger partial charge >= 0.3 is 0 Å². The van der Waals surface area contributed by atoms with Crippen LogP contribution >= 0.6 is 23.2 Å². The number of benzene rings is 3. The summed E-state index contributed by atoms with van der Waals surface area (Å²) >= 11 is 12.1. The monoisotopic (exact) mass is 615 g/mol. The standard InChI is InChI=1S/C31H35Cl2N3O4S/c1-22-7-6-10-28(19-22)36(41(39,40)29-17-15-26(33)16-18-29)21-30(37)35(20-24-11-13-25(32)14-12-24)23(2)31(38)34-27-8-4-3-5-9-27/h6-7,10-19,23,27H,3-5,8-9,20-21H2,1-2H3,(H,34,38)/t23-/m1/s1. The molecule has 4 rings (SSSR count). The van der Waals surface area contributed by atoms with Crippen molar-refractivity contribution in [1.29, 1.82) is 0 Å². The fourth-order valence-electron chi connectivity index (χ4n) is 4.98. The van der Waals surface area contributed by atoms with Gasteiger partial charge in [-0.3, -0.25) is 13.9 Å². The van der Waals surface area contributed by atoms with Gasteiger partial charge in [0.2, 0.25) is 11.8 Å². The fourth-order valence-corrected chi connectivity index (χ4v) is 6.64. The van der Waals surface area contributed by atoms with Gasteiger partial charge in [-0.15, -0.1) is 0 Å². The Labute approximate surface area is 252 Å². The van der Waals surface area contributed by atoms with E-state index in [9.17, 15) is 18.0 Å². The highest BCUT2D eigenvalue weighted by molar-refractivity contribution is 7.92. The maximum absolute atomic E-state index is 14.0. The molecule has 1 aliphatic carbocycles. The van der Waals surface area contributed by atoms with Gasteiger partial charge < -0.3 is 10.2 Å². The Bertz CT molecular complexity index is 1460. The van der Waals surface area contributed by atoms with Crippen molar-refractivity contribution < 1.29 is 18.0 Å². The first-order chi connectivity index (χ1) is 19.5. The Morgan fingerprint density at radius 1 is 0.927 bits per heavy atom. The Morgan fingerprint density at radius 2 is 1.54 bits per heavy atom. The molecule has 3 aromatic rings. The van der Waals surface area contributed by atoms with Crippen LogP contribution in [0.25, 0.3) is 0 Å². The summed E-state index contributed by atoms with van der Waals surface area (Å²) in [6, 6.07) is 19.0. The van der Waals surface area contributed by atoms with Gasteiger partial charge in [0.05, 0.1) is 10.6 Å². The molecule has 0 unspecified atom stereocenters. The Balaban J connectivity index is 1.67. The molecule has 218 valence electrons. The van der Waals surface area contributed by atoms with Gasteiger partial charge in [-0.05, 0) is 86.3 Å². The summed E-state index contributed by atoms with van der Waals surface area (Å²) in [5.74, 6) is -0.771. The number of sulfonamides is 1. The van der Waals surface area contributed by atoms with E-state index in [1.54, 1.807) is 49.4 Å². The number of aryl methyl sites for hydroxylation is 1. The number of nitrogens with one attached hydrogen (secondary N) is 1. The third-order valence-electron chi connectivity index (χ3n) is 7.36. The van der Waals surface area contributed by atoms with Gasteiger partial charge in [-0.1, -0.05) is 66.7 Å². The quantitative estimate of drug-likeness (QED) is 0.287. The number of halogens is 2. The van der Waals surface area contributed by atoms with Gasteiger partial charge in [0, 0.05) is 22.6 Å². The number of rotatable bonds is 10. The molecule has 0 spiro atoms. The number of hydrogen-bond donors (Lipinski definition) is 1. The molecule has 0 heterocycles. The predicted molar refractivity (Wildman–Crippen MR) is 164 cm³/mol. The number of carbonyl (C=O) groups excluding carboxylic acids is 2. The Morgan fingerprint density at radius 3 is 2.15 bits per heavy atom. The van der Waals surface area contributed by atoms with Gasteiger partial charge in [0.15, 0.2) is 0 Å². The maximum Gasteiger partial charge on any atom is 0.264 e. The summed E-state index contributed by atoms with van der Waals surface area (Å²) in [5.41, 5.74) is 1.95. The zero-order chi connectivity index (χ0) is 29.6. The second kappa shape index (κ2) is 13.7. The van der Waals surface area contributed by atoms with E-state index in [0.717, 1.165) is 47.5 Å². The van der Waals surface area contributed by atoms with E-state index in [4.69, 9.17) is 23.2 Å². The van der Waals surface area contributed by atoms with Gasteiger partial charge in [-0.25, -0.2) is 8.42 Å². The molecule has 3 aromatic carbocycles. The number of carbonyl (C=O) groups is 2. The lowest BCUT2D eigenvalue weighted by atomic mass is 9.95. The minimum absolute atomic E-state index is 0.00328. The minimum atomic E-state index is -4.15. The SMILES string of the molecule is Cc1cccc(N(CC(=O)N(Cc2ccc(Cl)cc2)[C@H](C)C(=O)NC2CCCCC2)S(=O)(=O)c2ccc(Cl)cc2)c1. The van der Waals surface area contributed by atoms with E-state index < -0.39 is 28.5 Å². The number of amides is 2. The van der Waals surface area contributed by atoms with Crippen molar-refractivity contribution in [2.45, 2.75) is 69.5 Å². The summed E-state index contributed by atoms with van der Waals surface area (Å²) in [6.07, 6.45) is 5.08. The molecule has 0 saturated heterocycles. The number of nitrogens with zero attached hydrogens (tertiary/aromatic N) is 2. The number of hydrogen-bond acceptors (Lipinski definition) is 4. The van der Waals surface area contributed by atoms with Crippen LogP contribution < -0.4 is 9.62 Å². The average molecular weight is 617 g/mol. The third-order valence-corrected chi connectivity index (χ3v) is 9.65. The normalized spacial score (nSPS) is 14.7. The summed E-state index contributed by atoms with van der Waals surface area (Å²) in [6.45, 7) is 3.14. The lowest BCUT2D eigenvalue weighted by molar-refractivity contribution is -0.139. The van der Waals surface area contributed by atoms with Crippen LogP contribution in [0.15, 0.2) is 77.7 Å². The summed E-state index contributed by atoms with van der Waals surface area (Å²) in [7, 11) is -4.15. The van der Waals surface area contributed by atoms with Gasteiger partial charge in [0.25, 0.3) is 10.0 Å². The van der Waals surface area contributed by atoms with E-state index in [0.29, 0.717) is 15.7 Å². The molecule has 2 amide bonds. The molecule has 0 aromatic heterocycles. The first-order valence-electron chi connectivity index (χ1n) is 13.7. The maximum atomic E-state index is 14.0. The van der Waals surface area contributed by atoms with E-state index in [-0.39, 0.29) is 23.4 Å². The minimum Gasteiger partial charge on any atom is -0.352 e. The molecule has 0 bridgehead atoms. The molecule has 1 saturated carbocycles. The van der Waals surface area contributed by atoms with Crippen molar-refractivity contribution in [3.63, 3.8) is 0 Å². The highest BCUT2D eigenvalue weighted by Gasteiger charge is 2.33. The van der Waals surface area contributed by atoms with Crippen LogP contribution in [0.1, 0.15) is 50.2 Å². The second-order valence-electron chi connectivity index (χ2n) is 10.5. The Hall–Kier alpha value is -3.07. The van der Waals surface area contributed by atoms with Crippen LogP contribution in [0.3, 0.4) is 0 Å². The zero-order valence-electron chi connectivity index (χ0n) is 23.2. The van der Waals surface area contributed by atoms with E-state index in [1.165, 1.54) is 29.2 Å². The van der Waals surface area contributed by atoms with E-state index >= 15 is 0 Å². The lowest BCUT2D eigenvalue weighted by Gasteiger charge is -2.33. The summed E-state index contributed by atoms with van der Waals surface area (Å²) < 4.78 is 28.9. The van der Waals surface area contributed by atoms with Crippen LogP contribution in [0.2, 0.25) is 10.0 Å². The summed E-state index contributed by atoms with van der Waals surface area (Å²) in [5, 5.41) is 4.05. The molecule has 1 fully saturated rings. The van der Waals surface area contributed by atoms with Gasteiger partial charge in [0.1, 0.15) is 12.6 Å². The largest absolute Gasteiger partial charge is 0.352 e. The van der Waals surface area contributed by atoms with Crippen molar-refractivity contribution in [1.82, 2.24) is 10.2 Å². The van der Waals surface area contributed by atoms with Crippen molar-refractivity contribution in [3.8, 4) is 0 Å². The van der Waals surface area contributed by atoms with Gasteiger partial charge in [-0.2, -0.15) is 0 Å². The molecule has 7 nitrogen and oxygen atoms in total. The molecule has 41 heavy (non-hydrogen) atoms. The molecule has 1 aliphatic rings. The van der Waals surface area contributed by atoms with Crippen LogP contribution in [-0.4, -0.2) is 43.8 Å². The zero-order valence-corrected chi connectivity index (χ0v) is 25.6. The molecular weight excluding hydrogens is 581 g/mol. The topological polar surface area (TPSA) is 86.8 Å². The lowest BCUT2D eigenvalue weighted by Crippen LogP contribution is -2.53. The van der Waals surface area contributed by atoms with Crippen molar-refractivity contribution in [2.75, 3.05) is 10.8 Å². The van der Waals surface area contributed by atoms with Crippen molar-refractivity contribution >= 4 is 50.7 Å². The predicted octanol–water partition coefficient (Wildman–Crippen LogP) is 6.36. The second-order valence-corrected chi connectivity index (χ2v) is 13.2. The summed E-state index contributed by atoms with van der Waals surface area (Å²) in [4.78, 5) is 28.9. The van der Waals surface area contributed by atoms with E-state index in [2.05, 4.69) is 5.32 Å². The molecule has 1 N–H and O–H groups in total. The molecule has 0 aliphatic heterocycles. The van der Waals surface area contributed by atoms with Crippen LogP contribution in [0.4, 0.5) is 5.69 Å². The molecular formula is C31H35Cl2N3O4S. The fraction of sp³-hybridized carbons (Fsp3) is 0.355. The van der Waals surface area contributed by atoms with Crippen molar-refractivity contribution in [2.24, 2.45) is 0 Å².